The van der Waals surface area contributed by atoms with Crippen molar-refractivity contribution in [2.24, 2.45) is 0 Å². The molecule has 2 aromatic heterocycles. The summed E-state index contributed by atoms with van der Waals surface area (Å²) >= 11 is 2.42. The van der Waals surface area contributed by atoms with Crippen LogP contribution in [0, 0.1) is 5.82 Å². The number of halogens is 1. The maximum absolute atomic E-state index is 13.3. The molecule has 0 atom stereocenters. The fourth-order valence-corrected chi connectivity index (χ4v) is 4.31. The van der Waals surface area contributed by atoms with E-state index in [1.165, 1.54) is 48.5 Å². The van der Waals surface area contributed by atoms with E-state index in [0.717, 1.165) is 5.69 Å². The van der Waals surface area contributed by atoms with Gasteiger partial charge in [-0.25, -0.2) is 9.37 Å². The molecule has 11 heteroatoms. The summed E-state index contributed by atoms with van der Waals surface area (Å²) in [4.78, 5) is 27.9. The predicted octanol–water partition coefficient (Wildman–Crippen LogP) is 3.71. The average Bonchev–Trinajstić information content (AvgIpc) is 3.32. The van der Waals surface area contributed by atoms with Crippen LogP contribution in [0.3, 0.4) is 0 Å². The SMILES string of the molecule is CC(=O)Nc1cccc(-n2cnnc2SCC(=O)Nc2nc3ccc(F)cc3s2)c1. The lowest BCUT2D eigenvalue weighted by atomic mass is 10.2. The topological polar surface area (TPSA) is 102 Å². The first-order valence-electron chi connectivity index (χ1n) is 8.75. The third kappa shape index (κ3) is 4.63. The number of thioether (sulfide) groups is 1. The van der Waals surface area contributed by atoms with E-state index in [2.05, 4.69) is 25.8 Å². The van der Waals surface area contributed by atoms with Gasteiger partial charge in [-0.1, -0.05) is 29.2 Å². The molecule has 8 nitrogen and oxygen atoms in total. The minimum atomic E-state index is -0.346. The molecule has 0 saturated heterocycles. The number of hydrogen-bond donors (Lipinski definition) is 2. The highest BCUT2D eigenvalue weighted by Gasteiger charge is 2.13. The van der Waals surface area contributed by atoms with Gasteiger partial charge in [0.25, 0.3) is 0 Å². The van der Waals surface area contributed by atoms with Crippen molar-refractivity contribution in [3.63, 3.8) is 0 Å². The van der Waals surface area contributed by atoms with E-state index in [4.69, 9.17) is 0 Å². The van der Waals surface area contributed by atoms with Crippen molar-refractivity contribution >= 4 is 55.9 Å². The number of amides is 2. The van der Waals surface area contributed by atoms with Gasteiger partial charge in [-0.3, -0.25) is 14.2 Å². The third-order valence-corrected chi connectivity index (χ3v) is 5.77. The first kappa shape index (κ1) is 20.0. The standard InChI is InChI=1S/C19H15FN6O2S2/c1-11(27)22-13-3-2-4-14(8-13)26-10-21-25-19(26)29-9-17(28)24-18-23-15-6-5-12(20)7-16(15)30-18/h2-8,10H,9H2,1H3,(H,22,27)(H,23,24,28). The van der Waals surface area contributed by atoms with E-state index in [9.17, 15) is 14.0 Å². The molecule has 0 aliphatic rings. The summed E-state index contributed by atoms with van der Waals surface area (Å²) in [5.74, 6) is -0.684. The fourth-order valence-electron chi connectivity index (χ4n) is 2.67. The largest absolute Gasteiger partial charge is 0.326 e. The number of anilines is 2. The van der Waals surface area contributed by atoms with Gasteiger partial charge in [0.2, 0.25) is 11.8 Å². The van der Waals surface area contributed by atoms with E-state index >= 15 is 0 Å². The molecule has 30 heavy (non-hydrogen) atoms. The summed E-state index contributed by atoms with van der Waals surface area (Å²) in [5.41, 5.74) is 2.03. The number of nitrogens with one attached hydrogen (secondary N) is 2. The molecular weight excluding hydrogens is 427 g/mol. The van der Waals surface area contributed by atoms with Crippen molar-refractivity contribution in [3.05, 3.63) is 54.6 Å². The lowest BCUT2D eigenvalue weighted by Gasteiger charge is -2.08. The monoisotopic (exact) mass is 442 g/mol. The molecule has 0 unspecified atom stereocenters. The first-order valence-corrected chi connectivity index (χ1v) is 10.5. The van der Waals surface area contributed by atoms with Gasteiger partial charge in [-0.15, -0.1) is 10.2 Å². The van der Waals surface area contributed by atoms with Gasteiger partial charge in [0, 0.05) is 12.6 Å². The number of fused-ring (bicyclic) bond motifs is 1. The van der Waals surface area contributed by atoms with Crippen molar-refractivity contribution in [1.29, 1.82) is 0 Å². The summed E-state index contributed by atoms with van der Waals surface area (Å²) < 4.78 is 15.7. The fraction of sp³-hybridized carbons (Fsp3) is 0.105. The van der Waals surface area contributed by atoms with Crippen LogP contribution in [-0.4, -0.2) is 37.3 Å². The van der Waals surface area contributed by atoms with Gasteiger partial charge in [0.05, 0.1) is 21.7 Å². The molecule has 2 N–H and O–H groups in total. The van der Waals surface area contributed by atoms with E-state index < -0.39 is 0 Å². The molecule has 0 saturated carbocycles. The maximum atomic E-state index is 13.3. The molecule has 0 aliphatic carbocycles. The Hall–Kier alpha value is -3.31. The second-order valence-electron chi connectivity index (χ2n) is 6.18. The average molecular weight is 443 g/mol. The van der Waals surface area contributed by atoms with Crippen LogP contribution in [0.2, 0.25) is 0 Å². The van der Waals surface area contributed by atoms with Gasteiger partial charge in [-0.2, -0.15) is 0 Å². The van der Waals surface area contributed by atoms with Gasteiger partial charge in [0.15, 0.2) is 10.3 Å². The summed E-state index contributed by atoms with van der Waals surface area (Å²) in [6.45, 7) is 1.44. The maximum Gasteiger partial charge on any atom is 0.236 e. The second-order valence-corrected chi connectivity index (χ2v) is 8.16. The Labute approximate surface area is 178 Å². The van der Waals surface area contributed by atoms with Crippen LogP contribution in [0.1, 0.15) is 6.92 Å². The number of aromatic nitrogens is 4. The molecule has 0 radical (unpaired) electrons. The van der Waals surface area contributed by atoms with Crippen LogP contribution in [0.15, 0.2) is 53.9 Å². The third-order valence-electron chi connectivity index (χ3n) is 3.89. The lowest BCUT2D eigenvalue weighted by Crippen LogP contribution is -2.14. The van der Waals surface area contributed by atoms with Crippen molar-refractivity contribution in [1.82, 2.24) is 19.7 Å². The minimum absolute atomic E-state index is 0.0916. The molecule has 2 aromatic carbocycles. The van der Waals surface area contributed by atoms with Crippen molar-refractivity contribution in [2.75, 3.05) is 16.4 Å². The molecule has 4 rings (SSSR count). The lowest BCUT2D eigenvalue weighted by molar-refractivity contribution is -0.114. The van der Waals surface area contributed by atoms with Gasteiger partial charge < -0.3 is 10.6 Å². The van der Waals surface area contributed by atoms with Gasteiger partial charge in [-0.05, 0) is 36.4 Å². The molecule has 4 aromatic rings. The molecule has 0 spiro atoms. The smallest absolute Gasteiger partial charge is 0.236 e. The Kier molecular flexibility index (Phi) is 5.72. The first-order chi connectivity index (χ1) is 14.5. The predicted molar refractivity (Wildman–Crippen MR) is 115 cm³/mol. The van der Waals surface area contributed by atoms with Crippen LogP contribution in [-0.2, 0) is 9.59 Å². The zero-order valence-electron chi connectivity index (χ0n) is 15.6. The summed E-state index contributed by atoms with van der Waals surface area (Å²) in [6, 6.07) is 11.5. The Morgan fingerprint density at radius 2 is 2.07 bits per heavy atom. The van der Waals surface area contributed by atoms with Crippen LogP contribution < -0.4 is 10.6 Å². The number of carbonyl (C=O) groups is 2. The second kappa shape index (κ2) is 8.59. The van der Waals surface area contributed by atoms with Crippen LogP contribution in [0.25, 0.3) is 15.9 Å². The van der Waals surface area contributed by atoms with Crippen molar-refractivity contribution < 1.29 is 14.0 Å². The van der Waals surface area contributed by atoms with Crippen LogP contribution in [0.4, 0.5) is 15.2 Å². The van der Waals surface area contributed by atoms with E-state index in [1.807, 2.05) is 6.07 Å². The molecule has 2 heterocycles. The normalized spacial score (nSPS) is 10.9. The zero-order valence-corrected chi connectivity index (χ0v) is 17.3. The molecule has 0 aliphatic heterocycles. The molecule has 0 fully saturated rings. The summed E-state index contributed by atoms with van der Waals surface area (Å²) in [7, 11) is 0. The molecule has 0 bridgehead atoms. The number of rotatable bonds is 6. The number of thiazole rings is 1. The molecule has 2 amide bonds. The zero-order chi connectivity index (χ0) is 21.1. The Bertz CT molecular complexity index is 1240. The number of hydrogen-bond acceptors (Lipinski definition) is 7. The Balaban J connectivity index is 1.42. The van der Waals surface area contributed by atoms with Crippen LogP contribution in [0.5, 0.6) is 0 Å². The Morgan fingerprint density at radius 1 is 1.20 bits per heavy atom. The quantitative estimate of drug-likeness (QED) is 0.442. The highest BCUT2D eigenvalue weighted by molar-refractivity contribution is 7.99. The Morgan fingerprint density at radius 3 is 2.90 bits per heavy atom. The van der Waals surface area contributed by atoms with E-state index in [-0.39, 0.29) is 23.4 Å². The molecular formula is C19H15FN6O2S2. The summed E-state index contributed by atoms with van der Waals surface area (Å²) in [6.07, 6.45) is 1.54. The number of nitrogens with zero attached hydrogens (tertiary/aromatic N) is 4. The number of carbonyl (C=O) groups excluding carboxylic acids is 2. The summed E-state index contributed by atoms with van der Waals surface area (Å²) in [5, 5.41) is 14.4. The molecule has 152 valence electrons. The van der Waals surface area contributed by atoms with Crippen LogP contribution >= 0.6 is 23.1 Å². The van der Waals surface area contributed by atoms with Crippen molar-refractivity contribution in [2.45, 2.75) is 12.1 Å². The number of benzene rings is 2. The highest BCUT2D eigenvalue weighted by Crippen LogP contribution is 2.27. The van der Waals surface area contributed by atoms with Gasteiger partial charge in [0.1, 0.15) is 12.1 Å². The van der Waals surface area contributed by atoms with E-state index in [1.54, 1.807) is 28.8 Å². The van der Waals surface area contributed by atoms with Gasteiger partial charge >= 0.3 is 0 Å². The highest BCUT2D eigenvalue weighted by atomic mass is 32.2. The van der Waals surface area contributed by atoms with Crippen molar-refractivity contribution in [3.8, 4) is 5.69 Å². The minimum Gasteiger partial charge on any atom is -0.326 e. The van der Waals surface area contributed by atoms with E-state index in [0.29, 0.717) is 26.2 Å².